The fraction of sp³-hybridized carbons (Fsp3) is 0.692. The summed E-state index contributed by atoms with van der Waals surface area (Å²) in [6.07, 6.45) is 2.82. The highest BCUT2D eigenvalue weighted by Crippen LogP contribution is 2.71. The van der Waals surface area contributed by atoms with Crippen LogP contribution in [0.15, 0.2) is 23.0 Å². The van der Waals surface area contributed by atoms with Crippen LogP contribution in [0, 0.1) is 22.7 Å². The normalized spacial score (nSPS) is 41.1. The van der Waals surface area contributed by atoms with Gasteiger partial charge in [0.15, 0.2) is 11.9 Å². The molecule has 2 saturated carbocycles. The summed E-state index contributed by atoms with van der Waals surface area (Å²) >= 11 is 0. The maximum Gasteiger partial charge on any atom is 0.304 e. The molecule has 2 spiro atoms. The van der Waals surface area contributed by atoms with E-state index >= 15 is 0 Å². The van der Waals surface area contributed by atoms with Crippen LogP contribution in [0.3, 0.4) is 0 Å². The third kappa shape index (κ3) is 3.52. The molecule has 196 valence electrons. The molecule has 1 aromatic rings. The summed E-state index contributed by atoms with van der Waals surface area (Å²) in [6, 6.07) is 1.78. The van der Waals surface area contributed by atoms with Gasteiger partial charge in [-0.3, -0.25) is 19.2 Å². The molecule has 2 aliphatic heterocycles. The Hall–Kier alpha value is -2.72. The molecule has 5 rings (SSSR count). The van der Waals surface area contributed by atoms with Crippen molar-refractivity contribution < 1.29 is 47.3 Å². The second kappa shape index (κ2) is 8.69. The maximum absolute atomic E-state index is 14.2. The first-order valence-corrected chi connectivity index (χ1v) is 12.4. The van der Waals surface area contributed by atoms with Crippen LogP contribution in [0.4, 0.5) is 0 Å². The standard InChI is InChI=1S/C26H32O10/c1-14-21(30)22(34-16(3)28)26(13-32-15(2)27)20(6-5-8-24(26)12-33-24)25(14)10-19(18-7-9-31-11-18)36-23(25)35-17(4)29/h7,9,11,14,19-20,22-23H,5-6,8,10,12-13H2,1-4H3/t14-,19+,20-,22+,23-,24+,25-,26+/m1/s1. The Bertz CT molecular complexity index is 1060. The average Bonchev–Trinajstić information content (AvgIpc) is 3.23. The molecule has 0 amide bonds. The Morgan fingerprint density at radius 2 is 1.83 bits per heavy atom. The number of esters is 3. The molecule has 1 aromatic heterocycles. The Morgan fingerprint density at radius 1 is 1.11 bits per heavy atom. The van der Waals surface area contributed by atoms with Crippen molar-refractivity contribution in [3.05, 3.63) is 24.2 Å². The third-order valence-corrected chi connectivity index (χ3v) is 8.90. The number of ether oxygens (including phenoxy) is 5. The molecule has 3 heterocycles. The average molecular weight is 505 g/mol. The van der Waals surface area contributed by atoms with Crippen molar-refractivity contribution in [2.45, 2.75) is 77.5 Å². The van der Waals surface area contributed by atoms with Gasteiger partial charge in [0.1, 0.15) is 12.2 Å². The molecule has 0 N–H and O–H groups in total. The van der Waals surface area contributed by atoms with Crippen molar-refractivity contribution in [1.82, 2.24) is 0 Å². The summed E-state index contributed by atoms with van der Waals surface area (Å²) in [4.78, 5) is 50.7. The van der Waals surface area contributed by atoms with Gasteiger partial charge in [-0.05, 0) is 31.2 Å². The Kier molecular flexibility index (Phi) is 6.02. The van der Waals surface area contributed by atoms with E-state index in [2.05, 4.69) is 0 Å². The lowest BCUT2D eigenvalue weighted by atomic mass is 9.42. The van der Waals surface area contributed by atoms with Crippen molar-refractivity contribution >= 4 is 23.7 Å². The summed E-state index contributed by atoms with van der Waals surface area (Å²) < 4.78 is 34.8. The number of rotatable bonds is 5. The number of carbonyl (C=O) groups is 4. The van der Waals surface area contributed by atoms with Gasteiger partial charge in [0, 0.05) is 37.7 Å². The van der Waals surface area contributed by atoms with Gasteiger partial charge in [-0.25, -0.2) is 0 Å². The number of furan rings is 1. The number of hydrogen-bond donors (Lipinski definition) is 0. The lowest BCUT2D eigenvalue weighted by molar-refractivity contribution is -0.258. The molecule has 0 unspecified atom stereocenters. The SMILES string of the molecule is CC(=O)OC[C@@]12[C@H](CCC[C@]13CO3)[C@@]1(C[C@@H](c3ccoc3)O[C@H]1OC(C)=O)[C@H](C)C(=O)[C@@H]2OC(C)=O. The highest BCUT2D eigenvalue weighted by molar-refractivity contribution is 5.90. The molecular weight excluding hydrogens is 472 g/mol. The smallest absolute Gasteiger partial charge is 0.304 e. The number of epoxide rings is 1. The predicted molar refractivity (Wildman–Crippen MR) is 120 cm³/mol. The van der Waals surface area contributed by atoms with Crippen LogP contribution in [0.25, 0.3) is 0 Å². The van der Waals surface area contributed by atoms with E-state index in [1.54, 1.807) is 19.3 Å². The molecule has 10 heteroatoms. The van der Waals surface area contributed by atoms with Crippen LogP contribution >= 0.6 is 0 Å². The largest absolute Gasteiger partial charge is 0.472 e. The van der Waals surface area contributed by atoms with Crippen LogP contribution in [0.2, 0.25) is 0 Å². The van der Waals surface area contributed by atoms with E-state index in [0.717, 1.165) is 12.0 Å². The van der Waals surface area contributed by atoms with E-state index in [-0.39, 0.29) is 18.3 Å². The molecule has 2 saturated heterocycles. The molecule has 0 radical (unpaired) electrons. The Labute approximate surface area is 208 Å². The number of fused-ring (bicyclic) bond motifs is 3. The quantitative estimate of drug-likeness (QED) is 0.335. The minimum absolute atomic E-state index is 0.158. The topological polar surface area (TPSA) is 131 Å². The van der Waals surface area contributed by atoms with E-state index in [9.17, 15) is 19.2 Å². The molecule has 8 atom stereocenters. The number of hydrogen-bond acceptors (Lipinski definition) is 10. The van der Waals surface area contributed by atoms with Crippen molar-refractivity contribution in [1.29, 1.82) is 0 Å². The molecule has 2 aliphatic carbocycles. The van der Waals surface area contributed by atoms with E-state index in [4.69, 9.17) is 28.1 Å². The minimum atomic E-state index is -1.17. The Morgan fingerprint density at radius 3 is 2.42 bits per heavy atom. The molecular formula is C26H32O10. The fourth-order valence-electron chi connectivity index (χ4n) is 7.35. The van der Waals surface area contributed by atoms with Gasteiger partial charge in [-0.15, -0.1) is 0 Å². The molecule has 36 heavy (non-hydrogen) atoms. The van der Waals surface area contributed by atoms with Crippen LogP contribution in [0.5, 0.6) is 0 Å². The zero-order valence-corrected chi connectivity index (χ0v) is 20.9. The lowest BCUT2D eigenvalue weighted by Crippen LogP contribution is -2.72. The molecule has 10 nitrogen and oxygen atoms in total. The molecule has 4 fully saturated rings. The minimum Gasteiger partial charge on any atom is -0.472 e. The van der Waals surface area contributed by atoms with Crippen molar-refractivity contribution in [2.75, 3.05) is 13.2 Å². The molecule has 4 aliphatic rings. The summed E-state index contributed by atoms with van der Waals surface area (Å²) in [5, 5.41) is 0. The predicted octanol–water partition coefficient (Wildman–Crippen LogP) is 2.89. The van der Waals surface area contributed by atoms with Gasteiger partial charge in [0.2, 0.25) is 6.29 Å². The van der Waals surface area contributed by atoms with Crippen molar-refractivity contribution in [2.24, 2.45) is 22.7 Å². The maximum atomic E-state index is 14.2. The summed E-state index contributed by atoms with van der Waals surface area (Å²) in [5.41, 5.74) is -2.16. The number of Topliss-reactive ketones (excluding diaryl/α,β-unsaturated/α-hetero) is 1. The van der Waals surface area contributed by atoms with Gasteiger partial charge in [0.05, 0.1) is 30.7 Å². The van der Waals surface area contributed by atoms with Gasteiger partial charge in [0.25, 0.3) is 0 Å². The van der Waals surface area contributed by atoms with Crippen LogP contribution in [-0.4, -0.2) is 54.9 Å². The van der Waals surface area contributed by atoms with E-state index in [0.29, 0.717) is 25.9 Å². The van der Waals surface area contributed by atoms with Crippen LogP contribution < -0.4 is 0 Å². The summed E-state index contributed by atoms with van der Waals surface area (Å²) in [6.45, 7) is 5.83. The van der Waals surface area contributed by atoms with E-state index in [1.165, 1.54) is 27.0 Å². The highest BCUT2D eigenvalue weighted by atomic mass is 16.7. The van der Waals surface area contributed by atoms with Crippen LogP contribution in [0.1, 0.15) is 65.0 Å². The van der Waals surface area contributed by atoms with Crippen molar-refractivity contribution in [3.63, 3.8) is 0 Å². The van der Waals surface area contributed by atoms with E-state index < -0.39 is 58.8 Å². The second-order valence-corrected chi connectivity index (χ2v) is 10.6. The number of ketones is 1. The van der Waals surface area contributed by atoms with Crippen LogP contribution in [-0.2, 0) is 42.9 Å². The molecule has 0 bridgehead atoms. The summed E-state index contributed by atoms with van der Waals surface area (Å²) in [5.74, 6) is -3.03. The van der Waals surface area contributed by atoms with Crippen molar-refractivity contribution in [3.8, 4) is 0 Å². The zero-order chi connectivity index (χ0) is 25.9. The second-order valence-electron chi connectivity index (χ2n) is 10.6. The third-order valence-electron chi connectivity index (χ3n) is 8.90. The fourth-order valence-corrected chi connectivity index (χ4v) is 7.35. The number of carbonyl (C=O) groups excluding carboxylic acids is 4. The zero-order valence-electron chi connectivity index (χ0n) is 20.9. The summed E-state index contributed by atoms with van der Waals surface area (Å²) in [7, 11) is 0. The van der Waals surface area contributed by atoms with Gasteiger partial charge in [-0.1, -0.05) is 13.3 Å². The van der Waals surface area contributed by atoms with Gasteiger partial charge < -0.3 is 28.1 Å². The van der Waals surface area contributed by atoms with Gasteiger partial charge >= 0.3 is 17.9 Å². The van der Waals surface area contributed by atoms with E-state index in [1.807, 2.05) is 0 Å². The first-order valence-electron chi connectivity index (χ1n) is 12.4. The highest BCUT2D eigenvalue weighted by Gasteiger charge is 2.80. The van der Waals surface area contributed by atoms with Gasteiger partial charge in [-0.2, -0.15) is 0 Å². The Balaban J connectivity index is 1.70. The monoisotopic (exact) mass is 504 g/mol. The first kappa shape index (κ1) is 25.0. The molecule has 0 aromatic carbocycles. The first-order chi connectivity index (χ1) is 17.1. The lowest BCUT2D eigenvalue weighted by Gasteiger charge is -2.62.